The Morgan fingerprint density at radius 3 is 2.50 bits per heavy atom. The zero-order chi connectivity index (χ0) is 8.15. The van der Waals surface area contributed by atoms with Crippen LogP contribution in [-0.4, -0.2) is 29.6 Å². The fraction of sp³-hybridized carbons (Fsp3) is 0.571. The molecule has 0 aliphatic rings. The molecule has 1 N–H and O–H groups in total. The molecule has 0 aromatic heterocycles. The van der Waals surface area contributed by atoms with Crippen molar-refractivity contribution in [3.8, 4) is 0 Å². The summed E-state index contributed by atoms with van der Waals surface area (Å²) in [5.74, 6) is -0.0570. The molecule has 0 unspecified atom stereocenters. The molecule has 0 saturated carbocycles. The van der Waals surface area contributed by atoms with Crippen molar-refractivity contribution >= 4 is 5.91 Å². The van der Waals surface area contributed by atoms with E-state index in [2.05, 4.69) is 6.58 Å². The predicted molar refractivity (Wildman–Crippen MR) is 39.3 cm³/mol. The summed E-state index contributed by atoms with van der Waals surface area (Å²) in [7, 11) is 1.64. The molecule has 0 aromatic rings. The largest absolute Gasteiger partial charge is 0.396 e. The highest BCUT2D eigenvalue weighted by molar-refractivity contribution is 5.74. The van der Waals surface area contributed by atoms with Gasteiger partial charge in [-0.05, 0) is 0 Å². The number of carbonyl (C=O) groups is 1. The highest BCUT2D eigenvalue weighted by atomic mass is 16.3. The fourth-order valence-corrected chi connectivity index (χ4v) is 0.519. The molecule has 0 atom stereocenters. The summed E-state index contributed by atoms with van der Waals surface area (Å²) in [5.41, 5.74) is 0.648. The summed E-state index contributed by atoms with van der Waals surface area (Å²) in [6, 6.07) is 0. The van der Waals surface area contributed by atoms with Gasteiger partial charge in [0.15, 0.2) is 0 Å². The van der Waals surface area contributed by atoms with Gasteiger partial charge in [0.1, 0.15) is 0 Å². The number of aliphatic hydroxyl groups excluding tert-OH is 1. The van der Waals surface area contributed by atoms with Crippen LogP contribution < -0.4 is 0 Å². The van der Waals surface area contributed by atoms with E-state index in [1.807, 2.05) is 0 Å². The zero-order valence-corrected chi connectivity index (χ0v) is 6.42. The molecular weight excluding hydrogens is 130 g/mol. The van der Waals surface area contributed by atoms with E-state index in [0.717, 1.165) is 0 Å². The van der Waals surface area contributed by atoms with Crippen molar-refractivity contribution in [1.29, 1.82) is 0 Å². The normalized spacial score (nSPS) is 9.10. The van der Waals surface area contributed by atoms with E-state index in [0.29, 0.717) is 12.1 Å². The minimum atomic E-state index is -0.0570. The number of carbonyl (C=O) groups excluding carboxylic acids is 1. The molecule has 0 radical (unpaired) electrons. The van der Waals surface area contributed by atoms with Gasteiger partial charge in [-0.15, -0.1) is 0 Å². The third-order valence-corrected chi connectivity index (χ3v) is 1.35. The molecule has 0 bridgehead atoms. The van der Waals surface area contributed by atoms with E-state index in [4.69, 9.17) is 5.11 Å². The number of hydrogen-bond acceptors (Lipinski definition) is 2. The maximum absolute atomic E-state index is 10.6. The van der Waals surface area contributed by atoms with Crippen molar-refractivity contribution < 1.29 is 9.90 Å². The average molecular weight is 143 g/mol. The number of nitrogens with zero attached hydrogens (tertiary/aromatic N) is 1. The highest BCUT2D eigenvalue weighted by Gasteiger charge is 2.04. The lowest BCUT2D eigenvalue weighted by molar-refractivity contribution is -0.125. The number of rotatable bonds is 3. The van der Waals surface area contributed by atoms with Gasteiger partial charge >= 0.3 is 0 Å². The van der Waals surface area contributed by atoms with Crippen molar-refractivity contribution in [2.24, 2.45) is 0 Å². The van der Waals surface area contributed by atoms with Crippen molar-refractivity contribution in [3.05, 3.63) is 12.3 Å². The van der Waals surface area contributed by atoms with E-state index in [1.165, 1.54) is 11.8 Å². The van der Waals surface area contributed by atoms with Crippen LogP contribution in [0.5, 0.6) is 0 Å². The van der Waals surface area contributed by atoms with Crippen LogP contribution in [0.4, 0.5) is 0 Å². The first-order valence-electron chi connectivity index (χ1n) is 3.12. The molecule has 0 spiro atoms. The molecule has 3 nitrogen and oxygen atoms in total. The first-order valence-corrected chi connectivity index (χ1v) is 3.12. The van der Waals surface area contributed by atoms with E-state index in [1.54, 1.807) is 7.05 Å². The smallest absolute Gasteiger partial charge is 0.223 e. The first-order chi connectivity index (χ1) is 4.59. The Morgan fingerprint density at radius 1 is 1.70 bits per heavy atom. The molecule has 0 rings (SSSR count). The first kappa shape index (κ1) is 9.17. The maximum atomic E-state index is 10.6. The van der Waals surface area contributed by atoms with E-state index in [-0.39, 0.29) is 12.5 Å². The molecule has 0 saturated heterocycles. The lowest BCUT2D eigenvalue weighted by Crippen LogP contribution is -2.22. The second-order valence-electron chi connectivity index (χ2n) is 2.12. The minimum Gasteiger partial charge on any atom is -0.396 e. The Labute approximate surface area is 61.0 Å². The number of amides is 1. The van der Waals surface area contributed by atoms with Crippen molar-refractivity contribution in [2.75, 3.05) is 13.7 Å². The van der Waals surface area contributed by atoms with Crippen LogP contribution in [0, 0.1) is 0 Å². The summed E-state index contributed by atoms with van der Waals surface area (Å²) < 4.78 is 0. The quantitative estimate of drug-likeness (QED) is 0.619. The Morgan fingerprint density at radius 2 is 2.20 bits per heavy atom. The number of aliphatic hydroxyl groups is 1. The molecule has 1 amide bonds. The summed E-state index contributed by atoms with van der Waals surface area (Å²) >= 11 is 0. The summed E-state index contributed by atoms with van der Waals surface area (Å²) in [5, 5.41) is 8.47. The van der Waals surface area contributed by atoms with Crippen LogP contribution in [-0.2, 0) is 4.79 Å². The predicted octanol–water partition coefficient (Wildman–Crippen LogP) is 0.361. The highest BCUT2D eigenvalue weighted by Crippen LogP contribution is 2.02. The average Bonchev–Trinajstić information content (AvgIpc) is 1.87. The third kappa shape index (κ3) is 2.64. The summed E-state index contributed by atoms with van der Waals surface area (Å²) in [6.45, 7) is 5.11. The zero-order valence-electron chi connectivity index (χ0n) is 6.42. The van der Waals surface area contributed by atoms with Crippen molar-refractivity contribution in [2.45, 2.75) is 13.3 Å². The molecule has 0 aliphatic heterocycles. The van der Waals surface area contributed by atoms with Crippen LogP contribution in [0.25, 0.3) is 0 Å². The van der Waals surface area contributed by atoms with E-state index >= 15 is 0 Å². The van der Waals surface area contributed by atoms with Crippen LogP contribution in [0.3, 0.4) is 0 Å². The molecule has 0 aromatic carbocycles. The van der Waals surface area contributed by atoms with Gasteiger partial charge in [0.05, 0.1) is 0 Å². The van der Waals surface area contributed by atoms with Gasteiger partial charge < -0.3 is 10.0 Å². The Balaban J connectivity index is 3.82. The summed E-state index contributed by atoms with van der Waals surface area (Å²) in [6.07, 6.45) is 0.454. The molecule has 0 heterocycles. The molecule has 0 aliphatic carbocycles. The van der Waals surface area contributed by atoms with Crippen LogP contribution in [0.15, 0.2) is 12.3 Å². The van der Waals surface area contributed by atoms with Crippen molar-refractivity contribution in [3.63, 3.8) is 0 Å². The van der Waals surface area contributed by atoms with Crippen LogP contribution in [0.1, 0.15) is 13.3 Å². The van der Waals surface area contributed by atoms with Gasteiger partial charge in [-0.25, -0.2) is 0 Å². The molecule has 10 heavy (non-hydrogen) atoms. The standard InChI is InChI=1S/C7H13NO2/c1-6(4-5-9)8(3)7(2)10/h9H,1,4-5H2,2-3H3. The third-order valence-electron chi connectivity index (χ3n) is 1.35. The lowest BCUT2D eigenvalue weighted by atomic mass is 10.3. The fourth-order valence-electron chi connectivity index (χ4n) is 0.519. The SMILES string of the molecule is C=C(CCO)N(C)C(C)=O. The van der Waals surface area contributed by atoms with E-state index in [9.17, 15) is 4.79 Å². The topological polar surface area (TPSA) is 40.5 Å². The van der Waals surface area contributed by atoms with Crippen LogP contribution >= 0.6 is 0 Å². The maximum Gasteiger partial charge on any atom is 0.223 e. The van der Waals surface area contributed by atoms with Gasteiger partial charge in [-0.1, -0.05) is 6.58 Å². The van der Waals surface area contributed by atoms with Gasteiger partial charge in [-0.2, -0.15) is 0 Å². The Bertz CT molecular complexity index is 143. The number of hydrogen-bond donors (Lipinski definition) is 1. The van der Waals surface area contributed by atoms with Gasteiger partial charge in [-0.3, -0.25) is 4.79 Å². The van der Waals surface area contributed by atoms with E-state index < -0.39 is 0 Å². The van der Waals surface area contributed by atoms with Crippen LogP contribution in [0.2, 0.25) is 0 Å². The molecule has 58 valence electrons. The summed E-state index contributed by atoms with van der Waals surface area (Å²) in [4.78, 5) is 12.1. The lowest BCUT2D eigenvalue weighted by Gasteiger charge is -2.16. The van der Waals surface area contributed by atoms with Gasteiger partial charge in [0.25, 0.3) is 0 Å². The van der Waals surface area contributed by atoms with Gasteiger partial charge in [0.2, 0.25) is 5.91 Å². The minimum absolute atomic E-state index is 0.0381. The molecule has 0 fully saturated rings. The Kier molecular flexibility index (Phi) is 3.72. The Hall–Kier alpha value is -0.830. The second kappa shape index (κ2) is 4.06. The monoisotopic (exact) mass is 143 g/mol. The molecular formula is C7H13NO2. The van der Waals surface area contributed by atoms with Crippen molar-refractivity contribution in [1.82, 2.24) is 4.90 Å². The molecule has 3 heteroatoms. The van der Waals surface area contributed by atoms with Gasteiger partial charge in [0, 0.05) is 32.7 Å². The second-order valence-corrected chi connectivity index (χ2v) is 2.12.